The third kappa shape index (κ3) is 3.51. The van der Waals surface area contributed by atoms with E-state index in [2.05, 4.69) is 0 Å². The Labute approximate surface area is 89.1 Å². The third-order valence-electron chi connectivity index (χ3n) is 2.23. The van der Waals surface area contributed by atoms with Crippen LogP contribution in [0.25, 0.3) is 0 Å². The molecule has 0 aliphatic carbocycles. The quantitative estimate of drug-likeness (QED) is 0.744. The first kappa shape index (κ1) is 12.0. The smallest absolute Gasteiger partial charge is 0.302 e. The number of hydrogen-bond acceptors (Lipinski definition) is 3. The maximum atomic E-state index is 12.3. The van der Waals surface area contributed by atoms with Crippen molar-refractivity contribution in [2.24, 2.45) is 0 Å². The summed E-state index contributed by atoms with van der Waals surface area (Å²) in [6.07, 6.45) is 0.169. The number of ether oxygens (including phenoxy) is 1. The van der Waals surface area contributed by atoms with Gasteiger partial charge in [-0.2, -0.15) is 8.42 Å². The molecule has 0 atom stereocenters. The van der Waals surface area contributed by atoms with Crippen LogP contribution in [0, 0.1) is 6.92 Å². The summed E-state index contributed by atoms with van der Waals surface area (Å²) >= 11 is 0. The first-order valence-corrected chi connectivity index (χ1v) is 6.04. The molecule has 1 rings (SSSR count). The number of rotatable bonds is 4. The fraction of sp³-hybridized carbons (Fsp3) is 0.400. The van der Waals surface area contributed by atoms with Crippen molar-refractivity contribution >= 4 is 10.2 Å². The van der Waals surface area contributed by atoms with Crippen molar-refractivity contribution in [3.63, 3.8) is 0 Å². The maximum absolute atomic E-state index is 12.3. The van der Waals surface area contributed by atoms with Crippen molar-refractivity contribution in [1.29, 1.82) is 0 Å². The van der Waals surface area contributed by atoms with E-state index in [0.717, 1.165) is 11.1 Å². The van der Waals surface area contributed by atoms with Gasteiger partial charge in [0.2, 0.25) is 0 Å². The van der Waals surface area contributed by atoms with E-state index < -0.39 is 16.0 Å². The minimum Gasteiger partial charge on any atom is -0.496 e. The molecule has 84 valence electrons. The summed E-state index contributed by atoms with van der Waals surface area (Å²) in [4.78, 5) is 0. The number of hydrogen-bond donors (Lipinski definition) is 0. The Morgan fingerprint density at radius 2 is 2.07 bits per heavy atom. The molecule has 0 heterocycles. The van der Waals surface area contributed by atoms with Gasteiger partial charge in [-0.3, -0.25) is 0 Å². The third-order valence-corrected chi connectivity index (χ3v) is 2.92. The molecule has 0 bridgehead atoms. The highest BCUT2D eigenvalue weighted by Gasteiger charge is 2.10. The first-order valence-electron chi connectivity index (χ1n) is 4.49. The fourth-order valence-electron chi connectivity index (χ4n) is 1.38. The Morgan fingerprint density at radius 1 is 1.40 bits per heavy atom. The Hall–Kier alpha value is -1.10. The fourth-order valence-corrected chi connectivity index (χ4v) is 1.85. The highest BCUT2D eigenvalue weighted by atomic mass is 32.3. The number of aryl methyl sites for hydroxylation is 1. The molecular weight excluding hydrogens is 219 g/mol. The van der Waals surface area contributed by atoms with E-state index in [9.17, 15) is 12.3 Å². The zero-order valence-corrected chi connectivity index (χ0v) is 9.47. The van der Waals surface area contributed by atoms with Gasteiger partial charge in [0.15, 0.2) is 0 Å². The zero-order valence-electron chi connectivity index (χ0n) is 8.66. The predicted octanol–water partition coefficient (Wildman–Crippen LogP) is 1.85. The summed E-state index contributed by atoms with van der Waals surface area (Å²) < 4.78 is 38.1. The molecule has 0 saturated carbocycles. The van der Waals surface area contributed by atoms with Crippen LogP contribution in [-0.4, -0.2) is 21.3 Å². The number of methoxy groups -OCH3 is 1. The van der Waals surface area contributed by atoms with Gasteiger partial charge >= 0.3 is 10.2 Å². The topological polar surface area (TPSA) is 43.4 Å². The molecule has 3 nitrogen and oxygen atoms in total. The Morgan fingerprint density at radius 3 is 2.60 bits per heavy atom. The number of benzene rings is 1. The average molecular weight is 232 g/mol. The lowest BCUT2D eigenvalue weighted by Crippen LogP contribution is -2.04. The normalized spacial score (nSPS) is 11.4. The molecule has 0 amide bonds. The van der Waals surface area contributed by atoms with Gasteiger partial charge in [-0.05, 0) is 30.5 Å². The minimum absolute atomic E-state index is 0.169. The SMILES string of the molecule is COc1cccc(CCS(=O)(=O)F)c1C. The summed E-state index contributed by atoms with van der Waals surface area (Å²) in [6.45, 7) is 1.82. The molecule has 0 fully saturated rings. The van der Waals surface area contributed by atoms with E-state index in [-0.39, 0.29) is 6.42 Å². The summed E-state index contributed by atoms with van der Waals surface area (Å²) in [5, 5.41) is 0. The van der Waals surface area contributed by atoms with Gasteiger partial charge < -0.3 is 4.74 Å². The summed E-state index contributed by atoms with van der Waals surface area (Å²) in [7, 11) is -2.86. The van der Waals surface area contributed by atoms with Crippen LogP contribution >= 0.6 is 0 Å². The van der Waals surface area contributed by atoms with Gasteiger partial charge in [0, 0.05) is 0 Å². The van der Waals surface area contributed by atoms with Crippen molar-refractivity contribution in [3.8, 4) is 5.75 Å². The van der Waals surface area contributed by atoms with E-state index in [4.69, 9.17) is 4.74 Å². The second kappa shape index (κ2) is 4.61. The van der Waals surface area contributed by atoms with Crippen LogP contribution in [0.4, 0.5) is 3.89 Å². The first-order chi connectivity index (χ1) is 6.94. The standard InChI is InChI=1S/C10H13FO3S/c1-8-9(6-7-15(11,12)13)4-3-5-10(8)14-2/h3-5H,6-7H2,1-2H3. The maximum Gasteiger partial charge on any atom is 0.302 e. The lowest BCUT2D eigenvalue weighted by atomic mass is 10.1. The van der Waals surface area contributed by atoms with Crippen molar-refractivity contribution < 1.29 is 17.0 Å². The molecule has 0 spiro atoms. The summed E-state index contributed by atoms with van der Waals surface area (Å²) in [5.41, 5.74) is 1.64. The number of halogens is 1. The largest absolute Gasteiger partial charge is 0.496 e. The monoisotopic (exact) mass is 232 g/mol. The summed E-state index contributed by atoms with van der Waals surface area (Å²) in [6, 6.07) is 5.30. The molecular formula is C10H13FO3S. The van der Waals surface area contributed by atoms with Crippen molar-refractivity contribution in [2.75, 3.05) is 12.9 Å². The molecule has 1 aromatic rings. The van der Waals surface area contributed by atoms with Gasteiger partial charge in [-0.1, -0.05) is 12.1 Å². The van der Waals surface area contributed by atoms with Gasteiger partial charge in [-0.15, -0.1) is 3.89 Å². The van der Waals surface area contributed by atoms with E-state index in [0.29, 0.717) is 5.75 Å². The second-order valence-corrected chi connectivity index (χ2v) is 4.72. The minimum atomic E-state index is -4.40. The molecule has 0 N–H and O–H groups in total. The van der Waals surface area contributed by atoms with Crippen molar-refractivity contribution in [2.45, 2.75) is 13.3 Å². The van der Waals surface area contributed by atoms with Crippen LogP contribution in [0.5, 0.6) is 5.75 Å². The predicted molar refractivity (Wildman–Crippen MR) is 56.3 cm³/mol. The Bertz CT molecular complexity index is 440. The van der Waals surface area contributed by atoms with Gasteiger partial charge in [-0.25, -0.2) is 0 Å². The van der Waals surface area contributed by atoms with Gasteiger partial charge in [0.05, 0.1) is 12.9 Å². The van der Waals surface area contributed by atoms with Crippen LogP contribution in [0.1, 0.15) is 11.1 Å². The zero-order chi connectivity index (χ0) is 11.5. The lowest BCUT2D eigenvalue weighted by molar-refractivity contribution is 0.411. The molecule has 5 heteroatoms. The molecule has 0 unspecified atom stereocenters. The molecule has 0 saturated heterocycles. The van der Waals surface area contributed by atoms with Crippen LogP contribution < -0.4 is 4.74 Å². The van der Waals surface area contributed by atoms with E-state index in [1.54, 1.807) is 18.2 Å². The molecule has 0 aliphatic rings. The molecule has 15 heavy (non-hydrogen) atoms. The van der Waals surface area contributed by atoms with E-state index in [1.807, 2.05) is 6.92 Å². The molecule has 0 radical (unpaired) electrons. The Kier molecular flexibility index (Phi) is 3.68. The van der Waals surface area contributed by atoms with E-state index in [1.165, 1.54) is 7.11 Å². The molecule has 0 aliphatic heterocycles. The van der Waals surface area contributed by atoms with Gasteiger partial charge in [0.25, 0.3) is 0 Å². The molecule has 0 aromatic heterocycles. The Balaban J connectivity index is 2.87. The van der Waals surface area contributed by atoms with Crippen LogP contribution in [0.2, 0.25) is 0 Å². The van der Waals surface area contributed by atoms with E-state index >= 15 is 0 Å². The van der Waals surface area contributed by atoms with Crippen LogP contribution in [-0.2, 0) is 16.6 Å². The average Bonchev–Trinajstić information content (AvgIpc) is 2.15. The van der Waals surface area contributed by atoms with Gasteiger partial charge in [0.1, 0.15) is 5.75 Å². The second-order valence-electron chi connectivity index (χ2n) is 3.24. The van der Waals surface area contributed by atoms with Crippen LogP contribution in [0.15, 0.2) is 18.2 Å². The highest BCUT2D eigenvalue weighted by molar-refractivity contribution is 7.86. The summed E-state index contributed by atoms with van der Waals surface area (Å²) in [5.74, 6) is 0.199. The van der Waals surface area contributed by atoms with Crippen molar-refractivity contribution in [3.05, 3.63) is 29.3 Å². The lowest BCUT2D eigenvalue weighted by Gasteiger charge is -2.08. The highest BCUT2D eigenvalue weighted by Crippen LogP contribution is 2.21. The van der Waals surface area contributed by atoms with Crippen LogP contribution in [0.3, 0.4) is 0 Å². The van der Waals surface area contributed by atoms with Crippen molar-refractivity contribution in [1.82, 2.24) is 0 Å². The molecule has 1 aromatic carbocycles.